The minimum absolute atomic E-state index is 0. The highest BCUT2D eigenvalue weighted by Gasteiger charge is 2.40. The first-order valence-corrected chi connectivity index (χ1v) is 7.69. The van der Waals surface area contributed by atoms with Crippen LogP contribution >= 0.6 is 24.8 Å². The summed E-state index contributed by atoms with van der Waals surface area (Å²) in [5, 5.41) is 6.00. The van der Waals surface area contributed by atoms with Crippen LogP contribution in [0.3, 0.4) is 0 Å². The van der Waals surface area contributed by atoms with E-state index in [4.69, 9.17) is 5.73 Å². The SMILES string of the molecule is Cl.Cl.NCC1(C(=O)Nc2ccc3c(c2F)CCNC3)CCCC1. The predicted molar refractivity (Wildman–Crippen MR) is 94.9 cm³/mol. The Hall–Kier alpha value is -0.880. The van der Waals surface area contributed by atoms with Gasteiger partial charge in [-0.15, -0.1) is 24.8 Å². The van der Waals surface area contributed by atoms with Crippen LogP contribution in [0, 0.1) is 11.2 Å². The summed E-state index contributed by atoms with van der Waals surface area (Å²) in [6, 6.07) is 3.56. The van der Waals surface area contributed by atoms with E-state index in [-0.39, 0.29) is 36.5 Å². The summed E-state index contributed by atoms with van der Waals surface area (Å²) in [5.41, 5.74) is 7.29. The smallest absolute Gasteiger partial charge is 0.231 e. The van der Waals surface area contributed by atoms with Crippen LogP contribution in [0.4, 0.5) is 10.1 Å². The molecule has 1 aliphatic carbocycles. The molecule has 4 nitrogen and oxygen atoms in total. The minimum atomic E-state index is -0.510. The Labute approximate surface area is 148 Å². The summed E-state index contributed by atoms with van der Waals surface area (Å²) in [4.78, 5) is 12.5. The lowest BCUT2D eigenvalue weighted by atomic mass is 9.85. The molecule has 1 aromatic rings. The average molecular weight is 364 g/mol. The molecule has 0 unspecified atom stereocenters. The van der Waals surface area contributed by atoms with E-state index in [0.717, 1.165) is 43.4 Å². The molecule has 1 heterocycles. The van der Waals surface area contributed by atoms with Gasteiger partial charge in [0.25, 0.3) is 0 Å². The second-order valence-electron chi connectivity index (χ2n) is 6.14. The van der Waals surface area contributed by atoms with Crippen LogP contribution in [0.5, 0.6) is 0 Å². The molecule has 1 aromatic carbocycles. The van der Waals surface area contributed by atoms with Gasteiger partial charge in [0.1, 0.15) is 5.82 Å². The van der Waals surface area contributed by atoms with Gasteiger partial charge in [-0.2, -0.15) is 0 Å². The number of benzene rings is 1. The number of fused-ring (bicyclic) bond motifs is 1. The highest BCUT2D eigenvalue weighted by Crippen LogP contribution is 2.38. The number of anilines is 1. The molecule has 3 rings (SSSR count). The first kappa shape index (κ1) is 20.2. The fourth-order valence-corrected chi connectivity index (χ4v) is 3.46. The molecule has 7 heteroatoms. The molecule has 23 heavy (non-hydrogen) atoms. The number of hydrogen-bond acceptors (Lipinski definition) is 3. The molecule has 4 N–H and O–H groups in total. The van der Waals surface area contributed by atoms with Crippen molar-refractivity contribution in [3.8, 4) is 0 Å². The van der Waals surface area contributed by atoms with E-state index in [2.05, 4.69) is 10.6 Å². The van der Waals surface area contributed by atoms with Crippen molar-refractivity contribution in [3.63, 3.8) is 0 Å². The van der Waals surface area contributed by atoms with Crippen LogP contribution in [-0.4, -0.2) is 19.0 Å². The second kappa shape index (κ2) is 8.29. The maximum atomic E-state index is 14.6. The lowest BCUT2D eigenvalue weighted by Gasteiger charge is -2.26. The zero-order valence-corrected chi connectivity index (χ0v) is 14.6. The molecule has 0 saturated heterocycles. The van der Waals surface area contributed by atoms with Gasteiger partial charge < -0.3 is 16.4 Å². The number of halogens is 3. The molecule has 0 radical (unpaired) electrons. The van der Waals surface area contributed by atoms with Crippen LogP contribution in [0.25, 0.3) is 0 Å². The van der Waals surface area contributed by atoms with E-state index in [1.165, 1.54) is 0 Å². The Morgan fingerprint density at radius 1 is 1.30 bits per heavy atom. The molecule has 130 valence electrons. The number of hydrogen-bond donors (Lipinski definition) is 3. The Bertz CT molecular complexity index is 563. The van der Waals surface area contributed by atoms with Crippen LogP contribution in [0.1, 0.15) is 36.8 Å². The number of carbonyl (C=O) groups excluding carboxylic acids is 1. The van der Waals surface area contributed by atoms with Gasteiger partial charge in [-0.25, -0.2) is 4.39 Å². The Kier molecular flexibility index (Phi) is 7.27. The lowest BCUT2D eigenvalue weighted by molar-refractivity contribution is -0.124. The number of carbonyl (C=O) groups is 1. The van der Waals surface area contributed by atoms with Crippen molar-refractivity contribution in [2.45, 2.75) is 38.6 Å². The summed E-state index contributed by atoms with van der Waals surface area (Å²) >= 11 is 0. The van der Waals surface area contributed by atoms with Crippen molar-refractivity contribution in [3.05, 3.63) is 29.1 Å². The van der Waals surface area contributed by atoms with Crippen molar-refractivity contribution >= 4 is 36.4 Å². The minimum Gasteiger partial charge on any atom is -0.329 e. The molecule has 1 saturated carbocycles. The van der Waals surface area contributed by atoms with Gasteiger partial charge in [-0.05, 0) is 43.0 Å². The van der Waals surface area contributed by atoms with Crippen molar-refractivity contribution < 1.29 is 9.18 Å². The quantitative estimate of drug-likeness (QED) is 0.773. The van der Waals surface area contributed by atoms with Crippen LogP contribution in [-0.2, 0) is 17.8 Å². The largest absolute Gasteiger partial charge is 0.329 e. The fraction of sp³-hybridized carbons (Fsp3) is 0.562. The normalized spacial score (nSPS) is 18.3. The van der Waals surface area contributed by atoms with E-state index in [9.17, 15) is 9.18 Å². The van der Waals surface area contributed by atoms with Crippen molar-refractivity contribution in [2.75, 3.05) is 18.4 Å². The lowest BCUT2D eigenvalue weighted by Crippen LogP contribution is -2.40. The number of rotatable bonds is 3. The van der Waals surface area contributed by atoms with E-state index >= 15 is 0 Å². The van der Waals surface area contributed by atoms with Crippen molar-refractivity contribution in [1.29, 1.82) is 0 Å². The number of nitrogens with two attached hydrogens (primary N) is 1. The molecule has 0 aromatic heterocycles. The molecule has 0 bridgehead atoms. The van der Waals surface area contributed by atoms with E-state index in [1.54, 1.807) is 6.07 Å². The van der Waals surface area contributed by atoms with Crippen LogP contribution in [0.15, 0.2) is 12.1 Å². The van der Waals surface area contributed by atoms with Crippen molar-refractivity contribution in [1.82, 2.24) is 5.32 Å². The molecular formula is C16H24Cl2FN3O. The molecule has 0 atom stereocenters. The van der Waals surface area contributed by atoms with E-state index < -0.39 is 5.41 Å². The van der Waals surface area contributed by atoms with Gasteiger partial charge in [0.2, 0.25) is 5.91 Å². The maximum Gasteiger partial charge on any atom is 0.231 e. The summed E-state index contributed by atoms with van der Waals surface area (Å²) in [6.45, 7) is 1.79. The Morgan fingerprint density at radius 3 is 2.65 bits per heavy atom. The zero-order chi connectivity index (χ0) is 14.9. The van der Waals surface area contributed by atoms with E-state index in [1.807, 2.05) is 6.07 Å². The second-order valence-corrected chi connectivity index (χ2v) is 6.14. The van der Waals surface area contributed by atoms with Gasteiger partial charge in [-0.1, -0.05) is 18.9 Å². The third-order valence-electron chi connectivity index (χ3n) is 4.89. The summed E-state index contributed by atoms with van der Waals surface area (Å²) in [7, 11) is 0. The average Bonchev–Trinajstić information content (AvgIpc) is 3.00. The zero-order valence-electron chi connectivity index (χ0n) is 13.0. The number of amides is 1. The first-order chi connectivity index (χ1) is 10.2. The third kappa shape index (κ3) is 3.79. The Morgan fingerprint density at radius 2 is 2.00 bits per heavy atom. The van der Waals surface area contributed by atoms with Crippen molar-refractivity contribution in [2.24, 2.45) is 11.1 Å². The van der Waals surface area contributed by atoms with Crippen LogP contribution < -0.4 is 16.4 Å². The molecular weight excluding hydrogens is 340 g/mol. The van der Waals surface area contributed by atoms with Gasteiger partial charge >= 0.3 is 0 Å². The Balaban J connectivity index is 0.00000132. The first-order valence-electron chi connectivity index (χ1n) is 7.69. The fourth-order valence-electron chi connectivity index (χ4n) is 3.46. The molecule has 1 amide bonds. The summed E-state index contributed by atoms with van der Waals surface area (Å²) < 4.78 is 14.6. The van der Waals surface area contributed by atoms with Crippen LogP contribution in [0.2, 0.25) is 0 Å². The molecule has 1 fully saturated rings. The topological polar surface area (TPSA) is 67.2 Å². The maximum absolute atomic E-state index is 14.6. The van der Waals surface area contributed by atoms with Gasteiger partial charge in [0, 0.05) is 13.1 Å². The van der Waals surface area contributed by atoms with E-state index in [0.29, 0.717) is 25.2 Å². The molecule has 1 aliphatic heterocycles. The molecule has 2 aliphatic rings. The highest BCUT2D eigenvalue weighted by molar-refractivity contribution is 5.96. The van der Waals surface area contributed by atoms with Gasteiger partial charge in [0.05, 0.1) is 11.1 Å². The molecule has 0 spiro atoms. The number of nitrogens with one attached hydrogen (secondary N) is 2. The van der Waals surface area contributed by atoms with Gasteiger partial charge in [-0.3, -0.25) is 4.79 Å². The van der Waals surface area contributed by atoms with Gasteiger partial charge in [0.15, 0.2) is 0 Å². The third-order valence-corrected chi connectivity index (χ3v) is 4.89. The summed E-state index contributed by atoms with van der Waals surface area (Å²) in [6.07, 6.45) is 4.29. The summed E-state index contributed by atoms with van der Waals surface area (Å²) in [5.74, 6) is -0.414. The highest BCUT2D eigenvalue weighted by atomic mass is 35.5. The standard InChI is InChI=1S/C16H22FN3O.2ClH/c17-14-12-5-8-19-9-11(12)3-4-13(14)20-15(21)16(10-18)6-1-2-7-16;;/h3-4,19H,1-2,5-10,18H2,(H,20,21);2*1H. The monoisotopic (exact) mass is 363 g/mol. The predicted octanol–water partition coefficient (Wildman–Crippen LogP) is 2.77.